The topological polar surface area (TPSA) is 80.5 Å². The molecule has 2 fully saturated rings. The molecule has 1 amide bonds. The molecule has 188 valence electrons. The number of ether oxygens (including phenoxy) is 1. The summed E-state index contributed by atoms with van der Waals surface area (Å²) in [6, 6.07) is 0.342. The van der Waals surface area contributed by atoms with E-state index in [-0.39, 0.29) is 17.9 Å². The van der Waals surface area contributed by atoms with Gasteiger partial charge < -0.3 is 19.5 Å². The molecule has 3 aliphatic rings. The first kappa shape index (κ1) is 24.9. The first-order chi connectivity index (χ1) is 16.3. The minimum absolute atomic E-state index is 0.0326. The number of carbonyl (C=O) groups is 1. The summed E-state index contributed by atoms with van der Waals surface area (Å²) in [5.74, 6) is 1.24. The number of alkyl halides is 1. The van der Waals surface area contributed by atoms with Gasteiger partial charge in [-0.25, -0.2) is 4.39 Å². The highest BCUT2D eigenvalue weighted by molar-refractivity contribution is 5.98. The van der Waals surface area contributed by atoms with E-state index in [1.807, 2.05) is 13.0 Å². The number of piperidine rings is 1. The second-order valence-electron chi connectivity index (χ2n) is 10.5. The highest BCUT2D eigenvalue weighted by Crippen LogP contribution is 2.28. The Morgan fingerprint density at radius 3 is 2.65 bits per heavy atom. The van der Waals surface area contributed by atoms with E-state index < -0.39 is 5.67 Å². The van der Waals surface area contributed by atoms with Gasteiger partial charge in [-0.2, -0.15) is 4.98 Å². The fourth-order valence-corrected chi connectivity index (χ4v) is 5.17. The molecule has 1 saturated heterocycles. The van der Waals surface area contributed by atoms with Crippen LogP contribution in [0.5, 0.6) is 0 Å². The summed E-state index contributed by atoms with van der Waals surface area (Å²) < 4.78 is 25.1. The number of carbonyl (C=O) groups excluding carboxylic acids is 1. The Hall–Kier alpha value is -2.22. The molecule has 0 bridgehead atoms. The Kier molecular flexibility index (Phi) is 8.06. The van der Waals surface area contributed by atoms with Gasteiger partial charge in [-0.05, 0) is 82.4 Å². The van der Waals surface area contributed by atoms with Crippen LogP contribution in [-0.4, -0.2) is 47.9 Å². The molecule has 1 saturated carbocycles. The van der Waals surface area contributed by atoms with E-state index in [1.165, 1.54) is 26.7 Å². The summed E-state index contributed by atoms with van der Waals surface area (Å²) in [5, 5.41) is 7.13. The summed E-state index contributed by atoms with van der Waals surface area (Å²) >= 11 is 0. The van der Waals surface area contributed by atoms with Crippen LogP contribution in [0.3, 0.4) is 0 Å². The lowest BCUT2D eigenvalue weighted by atomic mass is 9.92. The minimum atomic E-state index is -1.62. The van der Waals surface area contributed by atoms with Gasteiger partial charge in [0.15, 0.2) is 5.67 Å². The fraction of sp³-hybridized carbons (Fsp3) is 0.731. The van der Waals surface area contributed by atoms with Crippen LogP contribution >= 0.6 is 0 Å². The fourth-order valence-electron chi connectivity index (χ4n) is 5.17. The SMILES string of the molecule is CC1=CC(OCCCC2CCN(c3noc(C(C)(C)F)n3)CC2)CC=C1C(=O)NC1CCCC1. The zero-order chi connectivity index (χ0) is 24.1. The van der Waals surface area contributed by atoms with Gasteiger partial charge in [0.2, 0.25) is 0 Å². The van der Waals surface area contributed by atoms with Gasteiger partial charge >= 0.3 is 0 Å². The van der Waals surface area contributed by atoms with Crippen molar-refractivity contribution in [2.75, 3.05) is 24.6 Å². The highest BCUT2D eigenvalue weighted by atomic mass is 19.1. The molecule has 7 nitrogen and oxygen atoms in total. The molecule has 1 aromatic heterocycles. The van der Waals surface area contributed by atoms with Gasteiger partial charge in [-0.3, -0.25) is 4.79 Å². The third-order valence-electron chi connectivity index (χ3n) is 7.26. The Bertz CT molecular complexity index is 890. The predicted molar refractivity (Wildman–Crippen MR) is 129 cm³/mol. The minimum Gasteiger partial charge on any atom is -0.374 e. The van der Waals surface area contributed by atoms with Crippen LogP contribution in [0.1, 0.15) is 84.4 Å². The van der Waals surface area contributed by atoms with Crippen LogP contribution in [0.2, 0.25) is 0 Å². The molecule has 34 heavy (non-hydrogen) atoms. The first-order valence-electron chi connectivity index (χ1n) is 12.9. The van der Waals surface area contributed by atoms with Crippen molar-refractivity contribution in [2.45, 2.75) is 96.4 Å². The van der Waals surface area contributed by atoms with E-state index in [2.05, 4.69) is 26.4 Å². The van der Waals surface area contributed by atoms with Gasteiger partial charge in [0, 0.05) is 31.3 Å². The maximum Gasteiger partial charge on any atom is 0.266 e. The van der Waals surface area contributed by atoms with Crippen molar-refractivity contribution in [3.8, 4) is 0 Å². The molecule has 0 aromatic carbocycles. The largest absolute Gasteiger partial charge is 0.374 e. The maximum absolute atomic E-state index is 14.0. The van der Waals surface area contributed by atoms with Gasteiger partial charge in [0.1, 0.15) is 0 Å². The van der Waals surface area contributed by atoms with Crippen molar-refractivity contribution in [1.29, 1.82) is 0 Å². The average molecular weight is 475 g/mol. The number of aromatic nitrogens is 2. The van der Waals surface area contributed by atoms with E-state index in [4.69, 9.17) is 9.26 Å². The monoisotopic (exact) mass is 474 g/mol. The molecule has 8 heteroatoms. The Balaban J connectivity index is 1.12. The third-order valence-corrected chi connectivity index (χ3v) is 7.26. The van der Waals surface area contributed by atoms with Crippen molar-refractivity contribution in [2.24, 2.45) is 5.92 Å². The Labute approximate surface area is 202 Å². The summed E-state index contributed by atoms with van der Waals surface area (Å²) in [6.45, 7) is 7.30. The van der Waals surface area contributed by atoms with Crippen molar-refractivity contribution in [3.63, 3.8) is 0 Å². The molecule has 1 aliphatic heterocycles. The number of nitrogens with one attached hydrogen (secondary N) is 1. The predicted octanol–water partition coefficient (Wildman–Crippen LogP) is 4.99. The number of rotatable bonds is 9. The molecule has 1 N–H and O–H groups in total. The molecule has 1 unspecified atom stereocenters. The molecule has 0 radical (unpaired) electrons. The zero-order valence-electron chi connectivity index (χ0n) is 20.8. The lowest BCUT2D eigenvalue weighted by Gasteiger charge is -2.31. The molecule has 1 aromatic rings. The number of hydrogen-bond acceptors (Lipinski definition) is 6. The lowest BCUT2D eigenvalue weighted by Crippen LogP contribution is -2.35. The Morgan fingerprint density at radius 2 is 2.00 bits per heavy atom. The molecule has 1 atom stereocenters. The smallest absolute Gasteiger partial charge is 0.266 e. The van der Waals surface area contributed by atoms with Crippen LogP contribution in [0.4, 0.5) is 10.3 Å². The van der Waals surface area contributed by atoms with Crippen molar-refractivity contribution in [3.05, 3.63) is 29.2 Å². The van der Waals surface area contributed by atoms with Crippen molar-refractivity contribution < 1.29 is 18.4 Å². The van der Waals surface area contributed by atoms with E-state index in [9.17, 15) is 9.18 Å². The van der Waals surface area contributed by atoms with Gasteiger partial charge in [-0.1, -0.05) is 25.0 Å². The van der Waals surface area contributed by atoms with Crippen molar-refractivity contribution >= 4 is 11.9 Å². The van der Waals surface area contributed by atoms with E-state index in [0.29, 0.717) is 17.9 Å². The second-order valence-corrected chi connectivity index (χ2v) is 10.5. The van der Waals surface area contributed by atoms with E-state index in [1.54, 1.807) is 0 Å². The second kappa shape index (κ2) is 11.0. The summed E-state index contributed by atoms with van der Waals surface area (Å²) in [6.07, 6.45) is 13.8. The molecular weight excluding hydrogens is 435 g/mol. The summed E-state index contributed by atoms with van der Waals surface area (Å²) in [7, 11) is 0. The van der Waals surface area contributed by atoms with E-state index in [0.717, 1.165) is 75.8 Å². The third kappa shape index (κ3) is 6.46. The molecule has 4 rings (SSSR count). The zero-order valence-corrected chi connectivity index (χ0v) is 20.8. The van der Waals surface area contributed by atoms with Crippen LogP contribution in [0.25, 0.3) is 0 Å². The maximum atomic E-state index is 14.0. The number of amides is 1. The standard InChI is InChI=1S/C26H39FN4O3/c1-18-17-21(10-11-22(18)23(32)28-20-8-4-5-9-20)33-16-6-7-19-12-14-31(15-13-19)25-29-24(34-30-25)26(2,3)27/h11,17,19-21H,4-10,12-16H2,1-3H3,(H,28,32). The van der Waals surface area contributed by atoms with Crippen LogP contribution in [0.15, 0.2) is 27.8 Å². The first-order valence-corrected chi connectivity index (χ1v) is 12.9. The Morgan fingerprint density at radius 1 is 1.26 bits per heavy atom. The number of nitrogens with zero attached hydrogens (tertiary/aromatic N) is 3. The van der Waals surface area contributed by atoms with Crippen molar-refractivity contribution in [1.82, 2.24) is 15.5 Å². The van der Waals surface area contributed by atoms with Gasteiger partial charge in [-0.15, -0.1) is 0 Å². The lowest BCUT2D eigenvalue weighted by molar-refractivity contribution is -0.117. The summed E-state index contributed by atoms with van der Waals surface area (Å²) in [5.41, 5.74) is 0.205. The average Bonchev–Trinajstić information content (AvgIpc) is 3.49. The van der Waals surface area contributed by atoms with Crippen LogP contribution in [-0.2, 0) is 15.2 Å². The number of anilines is 1. The quantitative estimate of drug-likeness (QED) is 0.508. The van der Waals surface area contributed by atoms with Crippen LogP contribution in [0, 0.1) is 5.92 Å². The van der Waals surface area contributed by atoms with Gasteiger partial charge in [0.05, 0.1) is 6.10 Å². The molecule has 2 aliphatic carbocycles. The number of halogens is 1. The number of hydrogen-bond donors (Lipinski definition) is 1. The summed E-state index contributed by atoms with van der Waals surface area (Å²) in [4.78, 5) is 18.9. The molecule has 2 heterocycles. The normalized spacial score (nSPS) is 22.6. The highest BCUT2D eigenvalue weighted by Gasteiger charge is 2.29. The molecule has 0 spiro atoms. The van der Waals surface area contributed by atoms with E-state index >= 15 is 0 Å². The van der Waals surface area contributed by atoms with Crippen LogP contribution < -0.4 is 10.2 Å². The molecular formula is C26H39FN4O3. The van der Waals surface area contributed by atoms with Gasteiger partial charge in [0.25, 0.3) is 17.7 Å².